The van der Waals surface area contributed by atoms with Crippen molar-refractivity contribution in [2.45, 2.75) is 12.5 Å². The van der Waals surface area contributed by atoms with Gasteiger partial charge in [-0.1, -0.05) is 0 Å². The third-order valence-corrected chi connectivity index (χ3v) is 2.26. The van der Waals surface area contributed by atoms with Crippen LogP contribution in [-0.2, 0) is 5.88 Å². The van der Waals surface area contributed by atoms with E-state index in [1.165, 1.54) is 0 Å². The number of carboxylic acid groups (broad SMARTS) is 1. The predicted molar refractivity (Wildman–Crippen MR) is 56.2 cm³/mol. The number of nitro groups is 1. The maximum absolute atomic E-state index is 12.1. The van der Waals surface area contributed by atoms with Crippen molar-refractivity contribution in [3.8, 4) is 5.75 Å². The molecular formula is C9H6ClF2NO5. The molecule has 0 bridgehead atoms. The van der Waals surface area contributed by atoms with Crippen LogP contribution in [0.3, 0.4) is 0 Å². The van der Waals surface area contributed by atoms with Gasteiger partial charge in [-0.15, -0.1) is 11.6 Å². The molecule has 1 N–H and O–H groups in total. The van der Waals surface area contributed by atoms with Crippen LogP contribution in [0, 0.1) is 10.1 Å². The molecule has 0 spiro atoms. The summed E-state index contributed by atoms with van der Waals surface area (Å²) in [6.45, 7) is -3.30. The summed E-state index contributed by atoms with van der Waals surface area (Å²) < 4.78 is 28.0. The van der Waals surface area contributed by atoms with Gasteiger partial charge in [0.2, 0.25) is 5.75 Å². The Morgan fingerprint density at radius 2 is 2.17 bits per heavy atom. The van der Waals surface area contributed by atoms with Crippen molar-refractivity contribution in [1.29, 1.82) is 0 Å². The van der Waals surface area contributed by atoms with E-state index in [0.717, 1.165) is 6.07 Å². The molecule has 1 aromatic carbocycles. The van der Waals surface area contributed by atoms with Crippen LogP contribution in [0.4, 0.5) is 14.5 Å². The number of ether oxygens (including phenoxy) is 1. The molecule has 98 valence electrons. The number of aromatic carboxylic acids is 1. The van der Waals surface area contributed by atoms with Crippen molar-refractivity contribution in [3.05, 3.63) is 33.4 Å². The summed E-state index contributed by atoms with van der Waals surface area (Å²) in [6.07, 6.45) is 0. The van der Waals surface area contributed by atoms with Gasteiger partial charge in [0, 0.05) is 18.0 Å². The summed E-state index contributed by atoms with van der Waals surface area (Å²) in [5.41, 5.74) is -1.25. The number of halogens is 3. The molecule has 1 aromatic rings. The Labute approximate surface area is 104 Å². The third-order valence-electron chi connectivity index (χ3n) is 1.97. The van der Waals surface area contributed by atoms with Crippen LogP contribution >= 0.6 is 11.6 Å². The van der Waals surface area contributed by atoms with Crippen molar-refractivity contribution >= 4 is 23.3 Å². The van der Waals surface area contributed by atoms with Crippen LogP contribution in [-0.4, -0.2) is 22.6 Å². The van der Waals surface area contributed by atoms with Crippen molar-refractivity contribution in [2.24, 2.45) is 0 Å². The number of carbonyl (C=O) groups is 1. The zero-order valence-corrected chi connectivity index (χ0v) is 9.36. The molecule has 6 nitrogen and oxygen atoms in total. The lowest BCUT2D eigenvalue weighted by Gasteiger charge is -2.08. The zero-order valence-electron chi connectivity index (χ0n) is 8.60. The Morgan fingerprint density at radius 3 is 2.56 bits per heavy atom. The van der Waals surface area contributed by atoms with Gasteiger partial charge < -0.3 is 9.84 Å². The molecule has 0 atom stereocenters. The highest BCUT2D eigenvalue weighted by Gasteiger charge is 2.24. The van der Waals surface area contributed by atoms with E-state index in [-0.39, 0.29) is 11.4 Å². The molecule has 0 saturated heterocycles. The van der Waals surface area contributed by atoms with Crippen LogP contribution in [0.25, 0.3) is 0 Å². The van der Waals surface area contributed by atoms with Crippen LogP contribution in [0.15, 0.2) is 12.1 Å². The normalized spacial score (nSPS) is 10.4. The maximum Gasteiger partial charge on any atom is 0.387 e. The van der Waals surface area contributed by atoms with Gasteiger partial charge in [-0.25, -0.2) is 4.79 Å². The average molecular weight is 282 g/mol. The second-order valence-corrected chi connectivity index (χ2v) is 3.32. The number of alkyl halides is 3. The fourth-order valence-electron chi connectivity index (χ4n) is 1.25. The maximum atomic E-state index is 12.1. The van der Waals surface area contributed by atoms with Crippen molar-refractivity contribution < 1.29 is 28.3 Å². The van der Waals surface area contributed by atoms with Crippen LogP contribution < -0.4 is 4.74 Å². The Kier molecular flexibility index (Phi) is 4.38. The van der Waals surface area contributed by atoms with Crippen molar-refractivity contribution in [2.75, 3.05) is 0 Å². The summed E-state index contributed by atoms with van der Waals surface area (Å²) in [4.78, 5) is 20.5. The first-order valence-corrected chi connectivity index (χ1v) is 4.95. The minimum absolute atomic E-state index is 0.0579. The van der Waals surface area contributed by atoms with Crippen LogP contribution in [0.1, 0.15) is 15.9 Å². The molecule has 0 aliphatic heterocycles. The van der Waals surface area contributed by atoms with Gasteiger partial charge in [-0.05, 0) is 5.56 Å². The molecule has 18 heavy (non-hydrogen) atoms. The molecule has 0 aliphatic rings. The van der Waals surface area contributed by atoms with Gasteiger partial charge in [0.15, 0.2) is 0 Å². The molecular weight excluding hydrogens is 276 g/mol. The molecule has 0 fully saturated rings. The molecule has 1 rings (SSSR count). The summed E-state index contributed by atoms with van der Waals surface area (Å²) in [6, 6.07) is 1.46. The number of nitrogens with zero attached hydrogens (tertiary/aromatic N) is 1. The largest absolute Gasteiger partial charge is 0.478 e. The SMILES string of the molecule is O=C(O)c1cc(OC(F)F)c([N+](=O)[O-])cc1CCl. The summed E-state index contributed by atoms with van der Waals surface area (Å²) >= 11 is 5.44. The average Bonchev–Trinajstić information content (AvgIpc) is 2.27. The number of carboxylic acids is 1. The highest BCUT2D eigenvalue weighted by Crippen LogP contribution is 2.32. The molecule has 0 heterocycles. The number of hydrogen-bond donors (Lipinski definition) is 1. The summed E-state index contributed by atoms with van der Waals surface area (Å²) in [5, 5.41) is 19.5. The molecule has 0 saturated carbocycles. The number of nitro benzene ring substituents is 1. The topological polar surface area (TPSA) is 89.7 Å². The monoisotopic (exact) mass is 281 g/mol. The van der Waals surface area contributed by atoms with E-state index in [1.807, 2.05) is 0 Å². The highest BCUT2D eigenvalue weighted by atomic mass is 35.5. The molecule has 9 heteroatoms. The smallest absolute Gasteiger partial charge is 0.387 e. The fourth-order valence-corrected chi connectivity index (χ4v) is 1.48. The van der Waals surface area contributed by atoms with Gasteiger partial charge in [0.1, 0.15) is 0 Å². The number of benzene rings is 1. The van der Waals surface area contributed by atoms with E-state index in [1.54, 1.807) is 0 Å². The standard InChI is InChI=1S/C9H6ClF2NO5/c10-3-4-1-6(13(16)17)7(18-9(11)12)2-5(4)8(14)15/h1-2,9H,3H2,(H,14,15). The molecule has 0 amide bonds. The lowest BCUT2D eigenvalue weighted by Crippen LogP contribution is -2.08. The number of rotatable bonds is 5. The van der Waals surface area contributed by atoms with Gasteiger partial charge in [-0.2, -0.15) is 8.78 Å². The lowest BCUT2D eigenvalue weighted by atomic mass is 10.1. The Morgan fingerprint density at radius 1 is 1.56 bits per heavy atom. The fraction of sp³-hybridized carbons (Fsp3) is 0.222. The van der Waals surface area contributed by atoms with Gasteiger partial charge in [0.05, 0.1) is 10.5 Å². The van der Waals surface area contributed by atoms with Crippen molar-refractivity contribution in [3.63, 3.8) is 0 Å². The van der Waals surface area contributed by atoms with Crippen LogP contribution in [0.5, 0.6) is 5.75 Å². The van der Waals surface area contributed by atoms with Gasteiger partial charge in [0.25, 0.3) is 0 Å². The van der Waals surface area contributed by atoms with E-state index in [0.29, 0.717) is 6.07 Å². The van der Waals surface area contributed by atoms with E-state index >= 15 is 0 Å². The lowest BCUT2D eigenvalue weighted by molar-refractivity contribution is -0.386. The molecule has 0 radical (unpaired) electrons. The first-order valence-electron chi connectivity index (χ1n) is 4.42. The quantitative estimate of drug-likeness (QED) is 0.509. The highest BCUT2D eigenvalue weighted by molar-refractivity contribution is 6.17. The molecule has 0 aromatic heterocycles. The number of hydrogen-bond acceptors (Lipinski definition) is 4. The predicted octanol–water partition coefficient (Wildman–Crippen LogP) is 2.63. The van der Waals surface area contributed by atoms with Gasteiger partial charge >= 0.3 is 18.3 Å². The zero-order chi connectivity index (χ0) is 13.9. The Bertz CT molecular complexity index is 494. The van der Waals surface area contributed by atoms with E-state index in [9.17, 15) is 23.7 Å². The van der Waals surface area contributed by atoms with Gasteiger partial charge in [-0.3, -0.25) is 10.1 Å². The van der Waals surface area contributed by atoms with Crippen molar-refractivity contribution in [1.82, 2.24) is 0 Å². The minimum Gasteiger partial charge on any atom is -0.478 e. The first-order chi connectivity index (χ1) is 8.36. The Hall–Kier alpha value is -1.96. The van der Waals surface area contributed by atoms with E-state index in [2.05, 4.69) is 4.74 Å². The third kappa shape index (κ3) is 3.04. The molecule has 0 unspecified atom stereocenters. The Balaban J connectivity index is 3.42. The van der Waals surface area contributed by atoms with E-state index < -0.39 is 34.5 Å². The second-order valence-electron chi connectivity index (χ2n) is 3.05. The summed E-state index contributed by atoms with van der Waals surface area (Å²) in [5.74, 6) is -2.57. The first kappa shape index (κ1) is 14.1. The van der Waals surface area contributed by atoms with E-state index in [4.69, 9.17) is 16.7 Å². The second kappa shape index (κ2) is 5.58. The molecule has 0 aliphatic carbocycles. The summed E-state index contributed by atoms with van der Waals surface area (Å²) in [7, 11) is 0. The minimum atomic E-state index is -3.30. The van der Waals surface area contributed by atoms with Crippen LogP contribution in [0.2, 0.25) is 0 Å².